The van der Waals surface area contributed by atoms with Crippen molar-refractivity contribution in [2.75, 3.05) is 6.54 Å². The number of carbonyl (C=O) groups is 1. The van der Waals surface area contributed by atoms with Crippen molar-refractivity contribution in [3.8, 4) is 0 Å². The highest BCUT2D eigenvalue weighted by Gasteiger charge is 2.25. The normalized spacial score (nSPS) is 20.8. The van der Waals surface area contributed by atoms with Gasteiger partial charge in [-0.05, 0) is 30.9 Å². The van der Waals surface area contributed by atoms with Crippen LogP contribution in [-0.2, 0) is 4.79 Å². The SMILES string of the molecule is CC(=O)N1CCCC[C@@H]1c1ccc(=S)[nH]c1. The van der Waals surface area contributed by atoms with Gasteiger partial charge in [0.15, 0.2) is 0 Å². The molecule has 0 aliphatic carbocycles. The molecule has 1 aromatic heterocycles. The molecule has 0 saturated carbocycles. The minimum atomic E-state index is 0.159. The van der Waals surface area contributed by atoms with E-state index in [1.54, 1.807) is 6.92 Å². The van der Waals surface area contributed by atoms with E-state index in [4.69, 9.17) is 12.2 Å². The molecule has 1 aromatic rings. The molecule has 4 heteroatoms. The van der Waals surface area contributed by atoms with Crippen LogP contribution in [0.4, 0.5) is 0 Å². The maximum absolute atomic E-state index is 11.5. The maximum Gasteiger partial charge on any atom is 0.219 e. The molecule has 0 spiro atoms. The van der Waals surface area contributed by atoms with Gasteiger partial charge in [0.2, 0.25) is 5.91 Å². The molecule has 1 atom stereocenters. The molecule has 2 rings (SSSR count). The maximum atomic E-state index is 11.5. The second-order valence-electron chi connectivity index (χ2n) is 4.21. The van der Waals surface area contributed by atoms with Crippen LogP contribution in [-0.4, -0.2) is 22.3 Å². The Kier molecular flexibility index (Phi) is 3.39. The average Bonchev–Trinajstić information content (AvgIpc) is 2.30. The molecule has 0 bridgehead atoms. The second-order valence-corrected chi connectivity index (χ2v) is 4.65. The number of H-pyrrole nitrogens is 1. The predicted molar refractivity (Wildman–Crippen MR) is 65.6 cm³/mol. The number of hydrogen-bond donors (Lipinski definition) is 1. The highest BCUT2D eigenvalue weighted by molar-refractivity contribution is 7.71. The monoisotopic (exact) mass is 236 g/mol. The molecule has 86 valence electrons. The molecule has 0 unspecified atom stereocenters. The van der Waals surface area contributed by atoms with Crippen molar-refractivity contribution in [3.63, 3.8) is 0 Å². The number of aromatic amines is 1. The molecule has 0 radical (unpaired) electrons. The topological polar surface area (TPSA) is 36.1 Å². The minimum absolute atomic E-state index is 0.159. The van der Waals surface area contributed by atoms with Crippen LogP contribution in [0.25, 0.3) is 0 Å². The van der Waals surface area contributed by atoms with Gasteiger partial charge >= 0.3 is 0 Å². The van der Waals surface area contributed by atoms with Crippen molar-refractivity contribution < 1.29 is 4.79 Å². The number of amides is 1. The molecule has 3 nitrogen and oxygen atoms in total. The third-order valence-electron chi connectivity index (χ3n) is 3.10. The molecule has 1 fully saturated rings. The molecule has 2 heterocycles. The lowest BCUT2D eigenvalue weighted by Gasteiger charge is -2.35. The largest absolute Gasteiger partial charge is 0.353 e. The summed E-state index contributed by atoms with van der Waals surface area (Å²) in [7, 11) is 0. The van der Waals surface area contributed by atoms with E-state index in [1.807, 2.05) is 23.2 Å². The van der Waals surface area contributed by atoms with Gasteiger partial charge in [0.05, 0.1) is 6.04 Å². The van der Waals surface area contributed by atoms with Crippen LogP contribution in [0.15, 0.2) is 18.3 Å². The summed E-state index contributed by atoms with van der Waals surface area (Å²) < 4.78 is 0.730. The van der Waals surface area contributed by atoms with Crippen LogP contribution < -0.4 is 0 Å². The molecule has 1 saturated heterocycles. The third-order valence-corrected chi connectivity index (χ3v) is 3.35. The number of pyridine rings is 1. The summed E-state index contributed by atoms with van der Waals surface area (Å²) in [4.78, 5) is 16.5. The first-order valence-electron chi connectivity index (χ1n) is 5.64. The van der Waals surface area contributed by atoms with Crippen molar-refractivity contribution in [1.29, 1.82) is 0 Å². The minimum Gasteiger partial charge on any atom is -0.353 e. The van der Waals surface area contributed by atoms with Gasteiger partial charge in [-0.1, -0.05) is 18.3 Å². The highest BCUT2D eigenvalue weighted by Crippen LogP contribution is 2.30. The zero-order valence-electron chi connectivity index (χ0n) is 9.40. The molecule has 16 heavy (non-hydrogen) atoms. The van der Waals surface area contributed by atoms with Gasteiger partial charge in [0, 0.05) is 19.7 Å². The number of nitrogens with zero attached hydrogens (tertiary/aromatic N) is 1. The van der Waals surface area contributed by atoms with Crippen LogP contribution in [0.2, 0.25) is 0 Å². The quantitative estimate of drug-likeness (QED) is 0.761. The van der Waals surface area contributed by atoms with Crippen molar-refractivity contribution in [2.45, 2.75) is 32.2 Å². The Bertz CT molecular complexity index is 420. The number of carbonyl (C=O) groups excluding carboxylic acids is 1. The number of likely N-dealkylation sites (tertiary alicyclic amines) is 1. The Morgan fingerprint density at radius 3 is 2.94 bits per heavy atom. The lowest BCUT2D eigenvalue weighted by molar-refractivity contribution is -0.132. The summed E-state index contributed by atoms with van der Waals surface area (Å²) in [6.45, 7) is 2.51. The fourth-order valence-corrected chi connectivity index (χ4v) is 2.41. The van der Waals surface area contributed by atoms with Crippen molar-refractivity contribution in [2.24, 2.45) is 0 Å². The summed E-state index contributed by atoms with van der Waals surface area (Å²) in [6.07, 6.45) is 5.27. The number of piperidine rings is 1. The van der Waals surface area contributed by atoms with Gasteiger partial charge in [-0.25, -0.2) is 0 Å². The zero-order chi connectivity index (χ0) is 11.5. The summed E-state index contributed by atoms with van der Waals surface area (Å²) in [5.74, 6) is 0.159. The van der Waals surface area contributed by atoms with Gasteiger partial charge in [-0.3, -0.25) is 4.79 Å². The third kappa shape index (κ3) is 2.32. The smallest absolute Gasteiger partial charge is 0.219 e. The number of hydrogen-bond acceptors (Lipinski definition) is 2. The van der Waals surface area contributed by atoms with Gasteiger partial charge in [-0.15, -0.1) is 0 Å². The van der Waals surface area contributed by atoms with Crippen LogP contribution >= 0.6 is 12.2 Å². The van der Waals surface area contributed by atoms with E-state index in [-0.39, 0.29) is 11.9 Å². The van der Waals surface area contributed by atoms with Crippen LogP contribution in [0.1, 0.15) is 37.8 Å². The average molecular weight is 236 g/mol. The number of aromatic nitrogens is 1. The first-order chi connectivity index (χ1) is 7.68. The summed E-state index contributed by atoms with van der Waals surface area (Å²) in [5.41, 5.74) is 1.16. The fraction of sp³-hybridized carbons (Fsp3) is 0.500. The summed E-state index contributed by atoms with van der Waals surface area (Å²) in [6, 6.07) is 4.13. The molecule has 0 aromatic carbocycles. The standard InChI is InChI=1S/C12H16N2OS/c1-9(15)14-7-3-2-4-11(14)10-5-6-12(16)13-8-10/h5-6,8,11H,2-4,7H2,1H3,(H,13,16)/t11-/m1/s1. The Balaban J connectivity index is 2.26. The molecule has 1 N–H and O–H groups in total. The molecular weight excluding hydrogens is 220 g/mol. The van der Waals surface area contributed by atoms with Crippen molar-refractivity contribution in [3.05, 3.63) is 28.5 Å². The predicted octanol–water partition coefficient (Wildman–Crippen LogP) is 2.82. The Morgan fingerprint density at radius 1 is 1.50 bits per heavy atom. The number of rotatable bonds is 1. The molecule has 1 amide bonds. The first-order valence-corrected chi connectivity index (χ1v) is 6.05. The van der Waals surface area contributed by atoms with Crippen LogP contribution in [0, 0.1) is 4.64 Å². The summed E-state index contributed by atoms with van der Waals surface area (Å²) in [5, 5.41) is 0. The van der Waals surface area contributed by atoms with Crippen molar-refractivity contribution >= 4 is 18.1 Å². The number of nitrogens with one attached hydrogen (secondary N) is 1. The Labute approximate surface area is 100 Å². The molecular formula is C12H16N2OS. The van der Waals surface area contributed by atoms with E-state index in [0.29, 0.717) is 0 Å². The fourth-order valence-electron chi connectivity index (χ4n) is 2.28. The van der Waals surface area contributed by atoms with Gasteiger partial charge < -0.3 is 9.88 Å². The van der Waals surface area contributed by atoms with Crippen LogP contribution in [0.5, 0.6) is 0 Å². The van der Waals surface area contributed by atoms with E-state index in [1.165, 1.54) is 6.42 Å². The second kappa shape index (κ2) is 4.78. The summed E-state index contributed by atoms with van der Waals surface area (Å²) >= 11 is 5.02. The van der Waals surface area contributed by atoms with E-state index in [2.05, 4.69) is 4.98 Å². The first kappa shape index (κ1) is 11.3. The Hall–Kier alpha value is -1.16. The van der Waals surface area contributed by atoms with E-state index in [0.717, 1.165) is 29.6 Å². The zero-order valence-corrected chi connectivity index (χ0v) is 10.2. The molecule has 1 aliphatic heterocycles. The lowest BCUT2D eigenvalue weighted by atomic mass is 9.96. The van der Waals surface area contributed by atoms with Gasteiger partial charge in [0.25, 0.3) is 0 Å². The van der Waals surface area contributed by atoms with Crippen LogP contribution in [0.3, 0.4) is 0 Å². The van der Waals surface area contributed by atoms with Crippen molar-refractivity contribution in [1.82, 2.24) is 9.88 Å². The highest BCUT2D eigenvalue weighted by atomic mass is 32.1. The van der Waals surface area contributed by atoms with E-state index in [9.17, 15) is 4.79 Å². The Morgan fingerprint density at radius 2 is 2.31 bits per heavy atom. The molecule has 1 aliphatic rings. The van der Waals surface area contributed by atoms with Gasteiger partial charge in [0.1, 0.15) is 4.64 Å². The van der Waals surface area contributed by atoms with E-state index >= 15 is 0 Å². The van der Waals surface area contributed by atoms with Gasteiger partial charge in [-0.2, -0.15) is 0 Å². The van der Waals surface area contributed by atoms with E-state index < -0.39 is 0 Å². The lowest BCUT2D eigenvalue weighted by Crippen LogP contribution is -2.36.